The van der Waals surface area contributed by atoms with Gasteiger partial charge in [0.1, 0.15) is 5.82 Å². The number of fused-ring (bicyclic) bond motifs is 1. The highest BCUT2D eigenvalue weighted by atomic mass is 16.1. The number of nitrogens with one attached hydrogen (secondary N) is 2. The Kier molecular flexibility index (Phi) is 1.47. The van der Waals surface area contributed by atoms with E-state index in [0.29, 0.717) is 11.2 Å². The maximum atomic E-state index is 11.5. The number of aromatic amines is 2. The molecule has 0 unspecified atom stereocenters. The molecular formula is C9H10N4O. The number of H-pyrrole nitrogens is 2. The molecular weight excluding hydrogens is 180 g/mol. The van der Waals surface area contributed by atoms with Gasteiger partial charge in [-0.25, -0.2) is 9.97 Å². The summed E-state index contributed by atoms with van der Waals surface area (Å²) in [4.78, 5) is 25.3. The zero-order valence-electron chi connectivity index (χ0n) is 7.58. The van der Waals surface area contributed by atoms with E-state index in [1.165, 1.54) is 19.2 Å². The van der Waals surface area contributed by atoms with Gasteiger partial charge >= 0.3 is 0 Å². The molecule has 0 atom stereocenters. The molecule has 0 amide bonds. The van der Waals surface area contributed by atoms with E-state index < -0.39 is 0 Å². The first-order chi connectivity index (χ1) is 6.83. The minimum absolute atomic E-state index is 0.122. The smallest absolute Gasteiger partial charge is 0.276 e. The van der Waals surface area contributed by atoms with Gasteiger partial charge in [-0.2, -0.15) is 0 Å². The van der Waals surface area contributed by atoms with Crippen molar-refractivity contribution in [1.29, 1.82) is 0 Å². The van der Waals surface area contributed by atoms with Crippen molar-refractivity contribution in [3.8, 4) is 0 Å². The molecule has 1 saturated carbocycles. The summed E-state index contributed by atoms with van der Waals surface area (Å²) < 4.78 is 0. The van der Waals surface area contributed by atoms with Crippen LogP contribution < -0.4 is 5.56 Å². The average Bonchev–Trinajstić information content (AvgIpc) is 2.82. The monoisotopic (exact) mass is 190 g/mol. The number of nitrogens with zero attached hydrogens (tertiary/aromatic N) is 2. The van der Waals surface area contributed by atoms with Crippen LogP contribution in [0.25, 0.3) is 11.2 Å². The summed E-state index contributed by atoms with van der Waals surface area (Å²) in [5.41, 5.74) is 0.858. The van der Waals surface area contributed by atoms with Gasteiger partial charge in [0.2, 0.25) is 0 Å². The van der Waals surface area contributed by atoms with E-state index in [-0.39, 0.29) is 5.56 Å². The molecule has 14 heavy (non-hydrogen) atoms. The summed E-state index contributed by atoms with van der Waals surface area (Å²) in [6.45, 7) is 0. The lowest BCUT2D eigenvalue weighted by atomic mass is 10.3. The molecule has 0 radical (unpaired) electrons. The van der Waals surface area contributed by atoms with Gasteiger partial charge in [0, 0.05) is 6.42 Å². The average molecular weight is 190 g/mol. The Hall–Kier alpha value is -1.65. The minimum Gasteiger partial charge on any atom is -0.339 e. The van der Waals surface area contributed by atoms with E-state index in [0.717, 1.165) is 18.2 Å². The van der Waals surface area contributed by atoms with Crippen LogP contribution in [0, 0.1) is 5.92 Å². The summed E-state index contributed by atoms with van der Waals surface area (Å²) in [7, 11) is 0. The van der Waals surface area contributed by atoms with Crippen LogP contribution in [0.3, 0.4) is 0 Å². The van der Waals surface area contributed by atoms with Crippen molar-refractivity contribution in [2.75, 3.05) is 0 Å². The Labute approximate surface area is 79.6 Å². The fourth-order valence-electron chi connectivity index (χ4n) is 1.58. The topological polar surface area (TPSA) is 74.4 Å². The van der Waals surface area contributed by atoms with Crippen molar-refractivity contribution in [1.82, 2.24) is 19.9 Å². The van der Waals surface area contributed by atoms with Gasteiger partial charge in [-0.3, -0.25) is 4.79 Å². The second kappa shape index (κ2) is 2.67. The lowest BCUT2D eigenvalue weighted by Gasteiger charge is -1.97. The highest BCUT2D eigenvalue weighted by molar-refractivity contribution is 5.67. The number of aromatic nitrogens is 4. The van der Waals surface area contributed by atoms with Crippen LogP contribution in [0.5, 0.6) is 0 Å². The maximum Gasteiger partial charge on any atom is 0.276 e. The zero-order chi connectivity index (χ0) is 9.54. The normalized spacial score (nSPS) is 16.3. The fraction of sp³-hybridized carbons (Fsp3) is 0.444. The SMILES string of the molecule is O=c1[nH]c(CC2CC2)nc2nc[nH]c12. The Bertz CT molecular complexity index is 523. The first-order valence-electron chi connectivity index (χ1n) is 4.75. The third-order valence-electron chi connectivity index (χ3n) is 2.52. The van der Waals surface area contributed by atoms with Gasteiger partial charge in [-0.05, 0) is 18.8 Å². The zero-order valence-corrected chi connectivity index (χ0v) is 7.58. The largest absolute Gasteiger partial charge is 0.339 e. The molecule has 2 aromatic rings. The van der Waals surface area contributed by atoms with E-state index in [9.17, 15) is 4.79 Å². The Morgan fingerprint density at radius 1 is 1.50 bits per heavy atom. The van der Waals surface area contributed by atoms with Crippen LogP contribution in [0.1, 0.15) is 18.7 Å². The number of imidazole rings is 1. The third kappa shape index (κ3) is 1.21. The second-order valence-corrected chi connectivity index (χ2v) is 3.76. The summed E-state index contributed by atoms with van der Waals surface area (Å²) >= 11 is 0. The van der Waals surface area contributed by atoms with E-state index >= 15 is 0 Å². The Balaban J connectivity index is 2.11. The molecule has 5 nitrogen and oxygen atoms in total. The van der Waals surface area contributed by atoms with Crippen molar-refractivity contribution in [2.45, 2.75) is 19.3 Å². The predicted molar refractivity (Wildman–Crippen MR) is 50.9 cm³/mol. The van der Waals surface area contributed by atoms with Crippen LogP contribution in [0.4, 0.5) is 0 Å². The summed E-state index contributed by atoms with van der Waals surface area (Å²) in [6.07, 6.45) is 4.87. The van der Waals surface area contributed by atoms with Crippen LogP contribution in [0.2, 0.25) is 0 Å². The molecule has 0 spiro atoms. The lowest BCUT2D eigenvalue weighted by molar-refractivity contribution is 0.770. The van der Waals surface area contributed by atoms with Crippen molar-refractivity contribution in [3.63, 3.8) is 0 Å². The molecule has 3 rings (SSSR count). The first-order valence-corrected chi connectivity index (χ1v) is 4.75. The van der Waals surface area contributed by atoms with E-state index in [1.807, 2.05) is 0 Å². The molecule has 0 bridgehead atoms. The quantitative estimate of drug-likeness (QED) is 0.728. The molecule has 1 aliphatic rings. The minimum atomic E-state index is -0.122. The van der Waals surface area contributed by atoms with Crippen LogP contribution in [0.15, 0.2) is 11.1 Å². The fourth-order valence-corrected chi connectivity index (χ4v) is 1.58. The Morgan fingerprint density at radius 2 is 2.36 bits per heavy atom. The molecule has 1 fully saturated rings. The first kappa shape index (κ1) is 7.73. The summed E-state index contributed by atoms with van der Waals surface area (Å²) in [6, 6.07) is 0. The molecule has 0 aliphatic heterocycles. The van der Waals surface area contributed by atoms with Gasteiger partial charge in [0.15, 0.2) is 11.2 Å². The Morgan fingerprint density at radius 3 is 3.14 bits per heavy atom. The molecule has 72 valence electrons. The van der Waals surface area contributed by atoms with E-state index in [4.69, 9.17) is 0 Å². The molecule has 0 aromatic carbocycles. The maximum absolute atomic E-state index is 11.5. The van der Waals surface area contributed by atoms with Crippen molar-refractivity contribution in [2.24, 2.45) is 5.92 Å². The molecule has 0 saturated heterocycles. The van der Waals surface area contributed by atoms with Gasteiger partial charge < -0.3 is 9.97 Å². The summed E-state index contributed by atoms with van der Waals surface area (Å²) in [5, 5.41) is 0. The standard InChI is InChI=1S/C9H10N4O/c14-9-7-8(11-4-10-7)12-6(13-9)3-5-1-2-5/h4-5H,1-3H2,(H2,10,11,12,13,14). The number of hydrogen-bond donors (Lipinski definition) is 2. The highest BCUT2D eigenvalue weighted by Gasteiger charge is 2.23. The number of rotatable bonds is 2. The van der Waals surface area contributed by atoms with Gasteiger partial charge in [0.05, 0.1) is 6.33 Å². The van der Waals surface area contributed by atoms with Gasteiger partial charge in [-0.1, -0.05) is 0 Å². The lowest BCUT2D eigenvalue weighted by Crippen LogP contribution is -2.12. The van der Waals surface area contributed by atoms with Crippen LogP contribution in [-0.2, 0) is 6.42 Å². The van der Waals surface area contributed by atoms with Crippen molar-refractivity contribution < 1.29 is 0 Å². The van der Waals surface area contributed by atoms with Crippen molar-refractivity contribution in [3.05, 3.63) is 22.5 Å². The molecule has 2 N–H and O–H groups in total. The molecule has 2 heterocycles. The second-order valence-electron chi connectivity index (χ2n) is 3.76. The summed E-state index contributed by atoms with van der Waals surface area (Å²) in [5.74, 6) is 1.48. The third-order valence-corrected chi connectivity index (χ3v) is 2.52. The molecule has 5 heteroatoms. The van der Waals surface area contributed by atoms with Crippen LogP contribution >= 0.6 is 0 Å². The van der Waals surface area contributed by atoms with E-state index in [1.54, 1.807) is 0 Å². The molecule has 2 aromatic heterocycles. The highest BCUT2D eigenvalue weighted by Crippen LogP contribution is 2.31. The predicted octanol–water partition coefficient (Wildman–Crippen LogP) is 0.599. The van der Waals surface area contributed by atoms with Crippen LogP contribution in [-0.4, -0.2) is 19.9 Å². The van der Waals surface area contributed by atoms with Gasteiger partial charge in [0.25, 0.3) is 5.56 Å². The van der Waals surface area contributed by atoms with Crippen molar-refractivity contribution >= 4 is 11.2 Å². The number of hydrogen-bond acceptors (Lipinski definition) is 3. The molecule has 1 aliphatic carbocycles. The van der Waals surface area contributed by atoms with Gasteiger partial charge in [-0.15, -0.1) is 0 Å². The van der Waals surface area contributed by atoms with E-state index in [2.05, 4.69) is 19.9 Å².